The maximum Gasteiger partial charge on any atom is 0.256 e. The number of likely N-dealkylation sites (tertiary alicyclic amines) is 1. The van der Waals surface area contributed by atoms with E-state index in [-0.39, 0.29) is 12.0 Å². The molecule has 1 aliphatic rings. The Bertz CT molecular complexity index is 509. The van der Waals surface area contributed by atoms with Crippen molar-refractivity contribution in [2.24, 2.45) is 5.73 Å². The van der Waals surface area contributed by atoms with Crippen LogP contribution >= 0.6 is 15.9 Å². The van der Waals surface area contributed by atoms with Gasteiger partial charge < -0.3 is 15.4 Å². The summed E-state index contributed by atoms with van der Waals surface area (Å²) in [5.74, 6) is -0.784. The van der Waals surface area contributed by atoms with Crippen LogP contribution in [0.4, 0.5) is 0 Å². The van der Waals surface area contributed by atoms with Crippen LogP contribution in [0.1, 0.15) is 16.8 Å². The third-order valence-corrected chi connectivity index (χ3v) is 3.57. The average Bonchev–Trinajstić information content (AvgIpc) is 2.82. The zero-order chi connectivity index (χ0) is 14.0. The maximum absolute atomic E-state index is 12.4. The molecule has 0 bridgehead atoms. The average molecular weight is 328 g/mol. The first-order valence-electron chi connectivity index (χ1n) is 5.76. The predicted molar refractivity (Wildman–Crippen MR) is 71.4 cm³/mol. The van der Waals surface area contributed by atoms with E-state index < -0.39 is 11.9 Å². The number of primary amides is 1. The molecular weight excluding hydrogens is 314 g/mol. The molecule has 0 unspecified atom stereocenters. The van der Waals surface area contributed by atoms with Crippen LogP contribution in [0.3, 0.4) is 0 Å². The molecule has 1 aromatic rings. The topological polar surface area (TPSA) is 85.5 Å². The third-order valence-electron chi connectivity index (χ3n) is 3.14. The first-order chi connectivity index (χ1) is 9.02. The number of carbonyl (C=O) groups excluding carboxylic acids is 2. The van der Waals surface area contributed by atoms with Crippen molar-refractivity contribution in [2.75, 3.05) is 13.7 Å². The van der Waals surface area contributed by atoms with Crippen molar-refractivity contribution in [3.63, 3.8) is 0 Å². The molecule has 19 heavy (non-hydrogen) atoms. The van der Waals surface area contributed by atoms with Crippen LogP contribution in [0, 0.1) is 0 Å². The van der Waals surface area contributed by atoms with Crippen LogP contribution in [-0.4, -0.2) is 47.5 Å². The minimum atomic E-state index is -0.628. The van der Waals surface area contributed by atoms with Crippen LogP contribution in [0.15, 0.2) is 22.9 Å². The molecule has 0 spiro atoms. The van der Waals surface area contributed by atoms with Gasteiger partial charge in [-0.15, -0.1) is 0 Å². The Kier molecular flexibility index (Phi) is 4.16. The summed E-state index contributed by atoms with van der Waals surface area (Å²) in [5, 5.41) is 0. The second-order valence-electron chi connectivity index (χ2n) is 4.36. The number of pyridine rings is 1. The monoisotopic (exact) mass is 327 g/mol. The number of hydrogen-bond donors (Lipinski definition) is 1. The van der Waals surface area contributed by atoms with E-state index >= 15 is 0 Å². The van der Waals surface area contributed by atoms with E-state index in [1.807, 2.05) is 0 Å². The first kappa shape index (κ1) is 14.0. The van der Waals surface area contributed by atoms with Crippen LogP contribution in [-0.2, 0) is 9.53 Å². The number of ether oxygens (including phenoxy) is 1. The van der Waals surface area contributed by atoms with Gasteiger partial charge in [0, 0.05) is 36.9 Å². The summed E-state index contributed by atoms with van der Waals surface area (Å²) in [5.41, 5.74) is 5.75. The number of carbonyl (C=O) groups is 2. The summed E-state index contributed by atoms with van der Waals surface area (Å²) in [6.07, 6.45) is 3.32. The molecule has 2 amide bonds. The predicted octanol–water partition coefficient (Wildman–Crippen LogP) is 0.559. The molecule has 0 aromatic carbocycles. The van der Waals surface area contributed by atoms with Crippen molar-refractivity contribution >= 4 is 27.7 Å². The van der Waals surface area contributed by atoms with Gasteiger partial charge in [-0.25, -0.2) is 0 Å². The second kappa shape index (κ2) is 5.66. The first-order valence-corrected chi connectivity index (χ1v) is 6.56. The molecule has 1 aliphatic heterocycles. The number of aromatic nitrogens is 1. The maximum atomic E-state index is 12.4. The SMILES string of the molecule is CO[C@H]1C[C@@H](C(N)=O)N(C(=O)c2cncc(Br)c2)C1. The minimum absolute atomic E-state index is 0.165. The molecule has 102 valence electrons. The van der Waals surface area contributed by atoms with Gasteiger partial charge in [-0.3, -0.25) is 14.6 Å². The van der Waals surface area contributed by atoms with Crippen molar-refractivity contribution in [2.45, 2.75) is 18.6 Å². The highest BCUT2D eigenvalue weighted by Gasteiger charge is 2.39. The van der Waals surface area contributed by atoms with Gasteiger partial charge in [0.1, 0.15) is 6.04 Å². The van der Waals surface area contributed by atoms with E-state index in [1.165, 1.54) is 11.1 Å². The Hall–Kier alpha value is -1.47. The van der Waals surface area contributed by atoms with Gasteiger partial charge in [-0.2, -0.15) is 0 Å². The van der Waals surface area contributed by atoms with E-state index in [1.54, 1.807) is 19.4 Å². The molecule has 2 atom stereocenters. The summed E-state index contributed by atoms with van der Waals surface area (Å²) >= 11 is 3.26. The smallest absolute Gasteiger partial charge is 0.256 e. The highest BCUT2D eigenvalue weighted by molar-refractivity contribution is 9.10. The third kappa shape index (κ3) is 2.93. The number of methoxy groups -OCH3 is 1. The van der Waals surface area contributed by atoms with E-state index in [2.05, 4.69) is 20.9 Å². The van der Waals surface area contributed by atoms with E-state index in [0.29, 0.717) is 23.0 Å². The summed E-state index contributed by atoms with van der Waals surface area (Å²) in [4.78, 5) is 29.2. The van der Waals surface area contributed by atoms with Crippen LogP contribution < -0.4 is 5.73 Å². The summed E-state index contributed by atoms with van der Waals surface area (Å²) in [6, 6.07) is 1.03. The molecule has 1 saturated heterocycles. The number of nitrogens with zero attached hydrogens (tertiary/aromatic N) is 2. The molecular formula is C12H14BrN3O3. The van der Waals surface area contributed by atoms with Gasteiger partial charge >= 0.3 is 0 Å². The fourth-order valence-corrected chi connectivity index (χ4v) is 2.52. The van der Waals surface area contributed by atoms with Gasteiger partial charge in [0.2, 0.25) is 5.91 Å². The number of hydrogen-bond acceptors (Lipinski definition) is 4. The summed E-state index contributed by atoms with van der Waals surface area (Å²) in [6.45, 7) is 0.357. The Morgan fingerprint density at radius 1 is 1.53 bits per heavy atom. The lowest BCUT2D eigenvalue weighted by Crippen LogP contribution is -2.43. The van der Waals surface area contributed by atoms with Gasteiger partial charge in [-0.1, -0.05) is 0 Å². The van der Waals surface area contributed by atoms with E-state index in [0.717, 1.165) is 0 Å². The zero-order valence-corrected chi connectivity index (χ0v) is 12.0. The molecule has 1 fully saturated rings. The van der Waals surface area contributed by atoms with Crippen molar-refractivity contribution in [3.05, 3.63) is 28.5 Å². The molecule has 2 rings (SSSR count). The second-order valence-corrected chi connectivity index (χ2v) is 5.28. The van der Waals surface area contributed by atoms with Crippen molar-refractivity contribution in [1.82, 2.24) is 9.88 Å². The molecule has 0 saturated carbocycles. The van der Waals surface area contributed by atoms with Gasteiger partial charge in [0.25, 0.3) is 5.91 Å². The number of rotatable bonds is 3. The van der Waals surface area contributed by atoms with Crippen molar-refractivity contribution in [1.29, 1.82) is 0 Å². The molecule has 6 nitrogen and oxygen atoms in total. The highest BCUT2D eigenvalue weighted by atomic mass is 79.9. The lowest BCUT2D eigenvalue weighted by Gasteiger charge is -2.21. The quantitative estimate of drug-likeness (QED) is 0.878. The fourth-order valence-electron chi connectivity index (χ4n) is 2.16. The normalized spacial score (nSPS) is 22.5. The molecule has 0 radical (unpaired) electrons. The van der Waals surface area contributed by atoms with Gasteiger partial charge in [0.05, 0.1) is 11.7 Å². The largest absolute Gasteiger partial charge is 0.380 e. The van der Waals surface area contributed by atoms with Crippen molar-refractivity contribution in [3.8, 4) is 0 Å². The van der Waals surface area contributed by atoms with Gasteiger partial charge in [0.15, 0.2) is 0 Å². The Balaban J connectivity index is 2.24. The molecule has 2 N–H and O–H groups in total. The molecule has 1 aromatic heterocycles. The highest BCUT2D eigenvalue weighted by Crippen LogP contribution is 2.22. The van der Waals surface area contributed by atoms with Crippen LogP contribution in [0.5, 0.6) is 0 Å². The molecule has 7 heteroatoms. The Morgan fingerprint density at radius 3 is 2.84 bits per heavy atom. The van der Waals surface area contributed by atoms with Crippen molar-refractivity contribution < 1.29 is 14.3 Å². The van der Waals surface area contributed by atoms with Crippen LogP contribution in [0.2, 0.25) is 0 Å². The summed E-state index contributed by atoms with van der Waals surface area (Å²) in [7, 11) is 1.55. The van der Waals surface area contributed by atoms with E-state index in [4.69, 9.17) is 10.5 Å². The number of amides is 2. The number of nitrogens with two attached hydrogens (primary N) is 1. The zero-order valence-electron chi connectivity index (χ0n) is 10.4. The Morgan fingerprint density at radius 2 is 2.26 bits per heavy atom. The lowest BCUT2D eigenvalue weighted by atomic mass is 10.2. The van der Waals surface area contributed by atoms with E-state index in [9.17, 15) is 9.59 Å². The summed E-state index contributed by atoms with van der Waals surface area (Å²) < 4.78 is 5.91. The fraction of sp³-hybridized carbons (Fsp3) is 0.417. The number of halogens is 1. The standard InChI is InChI=1S/C12H14BrN3O3/c1-19-9-3-10(11(14)17)16(6-9)12(18)7-2-8(13)5-15-4-7/h2,4-5,9-10H,3,6H2,1H3,(H2,14,17)/t9-,10-/m0/s1. The lowest BCUT2D eigenvalue weighted by molar-refractivity contribution is -0.121. The minimum Gasteiger partial charge on any atom is -0.380 e. The molecule has 0 aliphatic carbocycles. The van der Waals surface area contributed by atoms with Crippen LogP contribution in [0.25, 0.3) is 0 Å². The Labute approximate surface area is 119 Å². The molecule has 2 heterocycles. The van der Waals surface area contributed by atoms with Gasteiger partial charge in [-0.05, 0) is 22.0 Å².